The molecule has 7 nitrogen and oxygen atoms in total. The number of methoxy groups -OCH3 is 1. The second-order valence-electron chi connectivity index (χ2n) is 6.50. The fraction of sp³-hybridized carbons (Fsp3) is 0.632. The summed E-state index contributed by atoms with van der Waals surface area (Å²) in [6, 6.07) is 7.21. The number of nitrogens with zero attached hydrogens (tertiary/aromatic N) is 1. The molecule has 0 radical (unpaired) electrons. The van der Waals surface area contributed by atoms with Crippen molar-refractivity contribution in [3.8, 4) is 0 Å². The Morgan fingerprint density at radius 2 is 2.07 bits per heavy atom. The van der Waals surface area contributed by atoms with Crippen LogP contribution >= 0.6 is 0 Å². The van der Waals surface area contributed by atoms with Gasteiger partial charge in [0.25, 0.3) is 0 Å². The summed E-state index contributed by atoms with van der Waals surface area (Å²) in [7, 11) is -0.270. The fourth-order valence-corrected chi connectivity index (χ4v) is 3.65. The summed E-state index contributed by atoms with van der Waals surface area (Å²) in [5, 5.41) is 6.61. The van der Waals surface area contributed by atoms with E-state index >= 15 is 0 Å². The first kappa shape index (κ1) is 23.4. The van der Waals surface area contributed by atoms with Gasteiger partial charge in [0.2, 0.25) is 10.0 Å². The molecule has 1 atom stereocenters. The number of nitrogens with one attached hydrogen (secondary N) is 3. The number of rotatable bonds is 12. The van der Waals surface area contributed by atoms with Crippen molar-refractivity contribution in [1.29, 1.82) is 0 Å². The molecule has 0 saturated heterocycles. The van der Waals surface area contributed by atoms with E-state index in [2.05, 4.69) is 34.2 Å². The Bertz CT molecular complexity index is 677. The summed E-state index contributed by atoms with van der Waals surface area (Å²) >= 11 is 0. The zero-order valence-electron chi connectivity index (χ0n) is 16.9. The van der Waals surface area contributed by atoms with Gasteiger partial charge in [0, 0.05) is 33.3 Å². The van der Waals surface area contributed by atoms with Gasteiger partial charge in [-0.25, -0.2) is 13.1 Å². The van der Waals surface area contributed by atoms with Crippen molar-refractivity contribution < 1.29 is 13.2 Å². The van der Waals surface area contributed by atoms with Crippen LogP contribution < -0.4 is 15.4 Å². The lowest BCUT2D eigenvalue weighted by Crippen LogP contribution is -2.41. The lowest BCUT2D eigenvalue weighted by molar-refractivity contribution is 0.204. The number of unbranched alkanes of at least 4 members (excludes halogenated alkanes) is 2. The average Bonchev–Trinajstić information content (AvgIpc) is 2.65. The third-order valence-corrected chi connectivity index (χ3v) is 5.57. The number of benzene rings is 1. The van der Waals surface area contributed by atoms with Gasteiger partial charge in [0.15, 0.2) is 5.96 Å². The summed E-state index contributed by atoms with van der Waals surface area (Å²) in [5.74, 6) is 0.713. The van der Waals surface area contributed by atoms with Crippen molar-refractivity contribution >= 4 is 16.0 Å². The minimum Gasteiger partial charge on any atom is -0.383 e. The van der Waals surface area contributed by atoms with E-state index in [1.807, 2.05) is 6.07 Å². The maximum atomic E-state index is 12.3. The van der Waals surface area contributed by atoms with Crippen LogP contribution in [0.25, 0.3) is 0 Å². The van der Waals surface area contributed by atoms with Crippen LogP contribution in [0.15, 0.2) is 34.2 Å². The van der Waals surface area contributed by atoms with Crippen molar-refractivity contribution in [3.63, 3.8) is 0 Å². The van der Waals surface area contributed by atoms with Gasteiger partial charge in [0.1, 0.15) is 0 Å². The molecule has 0 spiro atoms. The maximum Gasteiger partial charge on any atom is 0.240 e. The molecule has 154 valence electrons. The number of hydrogen-bond donors (Lipinski definition) is 3. The van der Waals surface area contributed by atoms with E-state index in [0.717, 1.165) is 12.0 Å². The molecule has 0 bridgehead atoms. The van der Waals surface area contributed by atoms with E-state index in [1.165, 1.54) is 26.4 Å². The molecular formula is C19H34N4O3S. The number of hydrogen-bond acceptors (Lipinski definition) is 4. The first-order valence-electron chi connectivity index (χ1n) is 9.47. The highest BCUT2D eigenvalue weighted by molar-refractivity contribution is 7.89. The number of aliphatic imine (C=N–C) groups is 1. The number of sulfonamides is 1. The largest absolute Gasteiger partial charge is 0.383 e. The number of ether oxygens (including phenoxy) is 1. The van der Waals surface area contributed by atoms with Crippen molar-refractivity contribution in [2.45, 2.75) is 57.0 Å². The minimum absolute atomic E-state index is 0.244. The predicted molar refractivity (Wildman–Crippen MR) is 110 cm³/mol. The standard InChI is InChI=1S/C19H34N4O3S/c1-5-6-7-9-16(2)23-19(20-3)21-15-17-10-8-11-18(14-17)27(24,25)22-12-13-26-4/h8,10-11,14,16,22H,5-7,9,12-13,15H2,1-4H3,(H2,20,21,23). The van der Waals surface area contributed by atoms with Gasteiger partial charge >= 0.3 is 0 Å². The van der Waals surface area contributed by atoms with Gasteiger partial charge < -0.3 is 15.4 Å². The van der Waals surface area contributed by atoms with Gasteiger partial charge in [-0.1, -0.05) is 38.3 Å². The van der Waals surface area contributed by atoms with Crippen LogP contribution in [0, 0.1) is 0 Å². The van der Waals surface area contributed by atoms with Crippen LogP contribution in [0.1, 0.15) is 45.1 Å². The summed E-state index contributed by atoms with van der Waals surface area (Å²) in [4.78, 5) is 4.49. The van der Waals surface area contributed by atoms with Gasteiger partial charge in [-0.2, -0.15) is 0 Å². The Morgan fingerprint density at radius 3 is 2.74 bits per heavy atom. The van der Waals surface area contributed by atoms with Gasteiger partial charge in [0.05, 0.1) is 11.5 Å². The molecule has 27 heavy (non-hydrogen) atoms. The molecule has 1 aromatic carbocycles. The molecule has 3 N–H and O–H groups in total. The van der Waals surface area contributed by atoms with E-state index < -0.39 is 10.0 Å². The van der Waals surface area contributed by atoms with Crippen molar-refractivity contribution in [2.75, 3.05) is 27.3 Å². The summed E-state index contributed by atoms with van der Waals surface area (Å²) in [5.41, 5.74) is 0.867. The van der Waals surface area contributed by atoms with E-state index in [0.29, 0.717) is 25.2 Å². The van der Waals surface area contributed by atoms with Gasteiger partial charge in [-0.05, 0) is 31.0 Å². The molecule has 8 heteroatoms. The quantitative estimate of drug-likeness (QED) is 0.285. The third kappa shape index (κ3) is 9.21. The van der Waals surface area contributed by atoms with E-state index in [-0.39, 0.29) is 11.4 Å². The molecular weight excluding hydrogens is 364 g/mol. The summed E-state index contributed by atoms with van der Waals surface area (Å²) in [6.07, 6.45) is 4.73. The molecule has 0 amide bonds. The smallest absolute Gasteiger partial charge is 0.240 e. The second kappa shape index (κ2) is 12.7. The first-order valence-corrected chi connectivity index (χ1v) is 11.0. The normalized spacial score (nSPS) is 13.4. The van der Waals surface area contributed by atoms with Crippen molar-refractivity contribution in [2.24, 2.45) is 4.99 Å². The van der Waals surface area contributed by atoms with Crippen LogP contribution in [-0.4, -0.2) is 47.7 Å². The Morgan fingerprint density at radius 1 is 1.30 bits per heavy atom. The van der Waals surface area contributed by atoms with Crippen LogP contribution in [-0.2, 0) is 21.3 Å². The summed E-state index contributed by atoms with van der Waals surface area (Å²) in [6.45, 7) is 5.40. The third-order valence-electron chi connectivity index (χ3n) is 4.11. The fourth-order valence-electron chi connectivity index (χ4n) is 2.57. The van der Waals surface area contributed by atoms with Crippen molar-refractivity contribution in [1.82, 2.24) is 15.4 Å². The van der Waals surface area contributed by atoms with Gasteiger partial charge in [-0.15, -0.1) is 0 Å². The molecule has 0 fully saturated rings. The van der Waals surface area contributed by atoms with E-state index in [9.17, 15) is 8.42 Å². The van der Waals surface area contributed by atoms with Crippen LogP contribution in [0.4, 0.5) is 0 Å². The van der Waals surface area contributed by atoms with Crippen LogP contribution in [0.5, 0.6) is 0 Å². The van der Waals surface area contributed by atoms with E-state index in [4.69, 9.17) is 4.74 Å². The van der Waals surface area contributed by atoms with Gasteiger partial charge in [-0.3, -0.25) is 4.99 Å². The zero-order valence-corrected chi connectivity index (χ0v) is 17.7. The Kier molecular flexibility index (Phi) is 11.0. The molecule has 1 rings (SSSR count). The average molecular weight is 399 g/mol. The van der Waals surface area contributed by atoms with E-state index in [1.54, 1.807) is 25.2 Å². The van der Waals surface area contributed by atoms with Crippen LogP contribution in [0.3, 0.4) is 0 Å². The topological polar surface area (TPSA) is 91.8 Å². The highest BCUT2D eigenvalue weighted by Gasteiger charge is 2.14. The lowest BCUT2D eigenvalue weighted by Gasteiger charge is -2.18. The predicted octanol–water partition coefficient (Wildman–Crippen LogP) is 2.25. The second-order valence-corrected chi connectivity index (χ2v) is 8.27. The molecule has 0 heterocycles. The Balaban J connectivity index is 2.61. The molecule has 1 unspecified atom stereocenters. The molecule has 0 aliphatic carbocycles. The Hall–Kier alpha value is -1.64. The highest BCUT2D eigenvalue weighted by Crippen LogP contribution is 2.11. The lowest BCUT2D eigenvalue weighted by atomic mass is 10.1. The number of guanidine groups is 1. The summed E-state index contributed by atoms with van der Waals surface area (Å²) < 4.78 is 32.0. The molecule has 0 saturated carbocycles. The zero-order chi connectivity index (χ0) is 20.1. The maximum absolute atomic E-state index is 12.3. The molecule has 1 aromatic rings. The molecule has 0 aromatic heterocycles. The SMILES string of the molecule is CCCCCC(C)NC(=NC)NCc1cccc(S(=O)(=O)NCCOC)c1. The van der Waals surface area contributed by atoms with Crippen molar-refractivity contribution in [3.05, 3.63) is 29.8 Å². The monoisotopic (exact) mass is 398 g/mol. The highest BCUT2D eigenvalue weighted by atomic mass is 32.2. The molecule has 0 aliphatic heterocycles. The first-order chi connectivity index (χ1) is 12.9. The molecule has 0 aliphatic rings. The minimum atomic E-state index is -3.53. The Labute approximate surface area is 164 Å². The van der Waals surface area contributed by atoms with Crippen LogP contribution in [0.2, 0.25) is 0 Å².